The molecule has 1 unspecified atom stereocenters. The third-order valence-corrected chi connectivity index (χ3v) is 4.81. The number of carbonyl (C=O) groups excluding carboxylic acids is 3. The van der Waals surface area contributed by atoms with Crippen LogP contribution in [0.4, 0.5) is 11.4 Å². The lowest BCUT2D eigenvalue weighted by atomic mass is 10.1. The van der Waals surface area contributed by atoms with Crippen molar-refractivity contribution in [3.63, 3.8) is 0 Å². The van der Waals surface area contributed by atoms with Crippen molar-refractivity contribution >= 4 is 29.2 Å². The Hall–Kier alpha value is -3.55. The number of ether oxygens (including phenoxy) is 3. The van der Waals surface area contributed by atoms with E-state index in [2.05, 4.69) is 10.1 Å². The number of aryl methyl sites for hydroxylation is 1. The zero-order valence-corrected chi connectivity index (χ0v) is 17.8. The first-order chi connectivity index (χ1) is 14.9. The summed E-state index contributed by atoms with van der Waals surface area (Å²) in [6, 6.07) is 12.8. The number of carbonyl (C=O) groups is 3. The predicted octanol–water partition coefficient (Wildman–Crippen LogP) is 3.08. The molecule has 0 aliphatic carbocycles. The summed E-state index contributed by atoms with van der Waals surface area (Å²) in [4.78, 5) is 37.5. The van der Waals surface area contributed by atoms with Gasteiger partial charge < -0.3 is 24.4 Å². The highest BCUT2D eigenvalue weighted by Gasteiger charge is 2.31. The molecule has 0 fully saturated rings. The standard InChI is InChI=1S/C23H26N2O6/c1-15-5-4-6-18(13-15)30-12-11-25-19-8-7-17(14-20(19)31-16(2)23(25)28)24-21(26)9-10-22(27)29-3/h4-8,13-14,16H,9-12H2,1-3H3,(H,24,26). The van der Waals surface area contributed by atoms with Crippen molar-refractivity contribution in [1.29, 1.82) is 0 Å². The molecule has 0 bridgehead atoms. The SMILES string of the molecule is COC(=O)CCC(=O)Nc1ccc2c(c1)OC(C)C(=O)N2CCOc1cccc(C)c1. The van der Waals surface area contributed by atoms with Gasteiger partial charge in [-0.05, 0) is 43.7 Å². The highest BCUT2D eigenvalue weighted by molar-refractivity contribution is 6.00. The minimum Gasteiger partial charge on any atom is -0.492 e. The molecule has 8 nitrogen and oxygen atoms in total. The molecule has 0 aromatic heterocycles. The highest BCUT2D eigenvalue weighted by atomic mass is 16.5. The number of hydrogen-bond acceptors (Lipinski definition) is 6. The third-order valence-electron chi connectivity index (χ3n) is 4.81. The van der Waals surface area contributed by atoms with E-state index in [1.165, 1.54) is 7.11 Å². The van der Waals surface area contributed by atoms with Gasteiger partial charge in [-0.25, -0.2) is 0 Å². The minimum absolute atomic E-state index is 0.00399. The molecule has 3 rings (SSSR count). The van der Waals surface area contributed by atoms with Gasteiger partial charge in [0, 0.05) is 18.2 Å². The van der Waals surface area contributed by atoms with Crippen molar-refractivity contribution in [2.24, 2.45) is 0 Å². The van der Waals surface area contributed by atoms with E-state index in [4.69, 9.17) is 9.47 Å². The van der Waals surface area contributed by atoms with Crippen LogP contribution in [0, 0.1) is 6.92 Å². The molecular formula is C23H26N2O6. The maximum absolute atomic E-state index is 12.7. The van der Waals surface area contributed by atoms with E-state index in [0.29, 0.717) is 30.3 Å². The zero-order chi connectivity index (χ0) is 22.4. The molecule has 2 aromatic rings. The first-order valence-corrected chi connectivity index (χ1v) is 10.1. The smallest absolute Gasteiger partial charge is 0.306 e. The molecule has 1 aliphatic heterocycles. The van der Waals surface area contributed by atoms with Crippen LogP contribution >= 0.6 is 0 Å². The Balaban J connectivity index is 1.66. The molecule has 1 N–H and O–H groups in total. The van der Waals surface area contributed by atoms with Crippen LogP contribution in [0.5, 0.6) is 11.5 Å². The summed E-state index contributed by atoms with van der Waals surface area (Å²) in [5, 5.41) is 2.73. The van der Waals surface area contributed by atoms with Gasteiger partial charge in [-0.15, -0.1) is 0 Å². The number of amides is 2. The maximum Gasteiger partial charge on any atom is 0.306 e. The Bertz CT molecular complexity index is 974. The molecule has 1 heterocycles. The number of esters is 1. The van der Waals surface area contributed by atoms with Crippen LogP contribution in [-0.2, 0) is 19.1 Å². The first kappa shape index (κ1) is 22.1. The molecular weight excluding hydrogens is 400 g/mol. The largest absolute Gasteiger partial charge is 0.492 e. The highest BCUT2D eigenvalue weighted by Crippen LogP contribution is 2.36. The number of nitrogens with zero attached hydrogens (tertiary/aromatic N) is 1. The van der Waals surface area contributed by atoms with E-state index in [-0.39, 0.29) is 24.7 Å². The fourth-order valence-corrected chi connectivity index (χ4v) is 3.22. The van der Waals surface area contributed by atoms with E-state index < -0.39 is 12.1 Å². The quantitative estimate of drug-likeness (QED) is 0.652. The van der Waals surface area contributed by atoms with Crippen molar-refractivity contribution in [3.05, 3.63) is 48.0 Å². The number of anilines is 2. The van der Waals surface area contributed by atoms with E-state index >= 15 is 0 Å². The van der Waals surface area contributed by atoms with Crippen molar-refractivity contribution in [1.82, 2.24) is 0 Å². The molecule has 2 amide bonds. The van der Waals surface area contributed by atoms with Gasteiger partial charge in [0.05, 0.1) is 25.8 Å². The molecule has 164 valence electrons. The Morgan fingerprint density at radius 1 is 1.16 bits per heavy atom. The number of rotatable bonds is 8. The van der Waals surface area contributed by atoms with Crippen LogP contribution < -0.4 is 19.7 Å². The van der Waals surface area contributed by atoms with Gasteiger partial charge in [0.25, 0.3) is 5.91 Å². The summed E-state index contributed by atoms with van der Waals surface area (Å²) in [7, 11) is 1.28. The molecule has 0 saturated heterocycles. The number of methoxy groups -OCH3 is 1. The van der Waals surface area contributed by atoms with Gasteiger partial charge in [0.1, 0.15) is 18.1 Å². The molecule has 31 heavy (non-hydrogen) atoms. The molecule has 2 aromatic carbocycles. The average molecular weight is 426 g/mol. The predicted molar refractivity (Wildman–Crippen MR) is 115 cm³/mol. The van der Waals surface area contributed by atoms with Gasteiger partial charge in [0.2, 0.25) is 5.91 Å². The van der Waals surface area contributed by atoms with Crippen molar-refractivity contribution in [2.75, 3.05) is 30.5 Å². The summed E-state index contributed by atoms with van der Waals surface area (Å²) in [5.41, 5.74) is 2.23. The topological polar surface area (TPSA) is 94.2 Å². The Kier molecular flexibility index (Phi) is 7.12. The summed E-state index contributed by atoms with van der Waals surface area (Å²) < 4.78 is 16.1. The molecule has 0 spiro atoms. The lowest BCUT2D eigenvalue weighted by Gasteiger charge is -2.33. The van der Waals surface area contributed by atoms with Gasteiger partial charge in [-0.3, -0.25) is 14.4 Å². The number of hydrogen-bond donors (Lipinski definition) is 1. The molecule has 1 atom stereocenters. The fourth-order valence-electron chi connectivity index (χ4n) is 3.22. The second kappa shape index (κ2) is 9.97. The van der Waals surface area contributed by atoms with Crippen LogP contribution in [0.2, 0.25) is 0 Å². The lowest BCUT2D eigenvalue weighted by Crippen LogP contribution is -2.46. The van der Waals surface area contributed by atoms with Crippen LogP contribution in [0.1, 0.15) is 25.3 Å². The number of nitrogens with one attached hydrogen (secondary N) is 1. The van der Waals surface area contributed by atoms with Gasteiger partial charge in [-0.1, -0.05) is 12.1 Å². The van der Waals surface area contributed by atoms with Gasteiger partial charge in [0.15, 0.2) is 6.10 Å². The van der Waals surface area contributed by atoms with Crippen LogP contribution in [0.3, 0.4) is 0 Å². The van der Waals surface area contributed by atoms with Crippen LogP contribution in [0.15, 0.2) is 42.5 Å². The first-order valence-electron chi connectivity index (χ1n) is 10.1. The van der Waals surface area contributed by atoms with Gasteiger partial charge in [-0.2, -0.15) is 0 Å². The lowest BCUT2D eigenvalue weighted by molar-refractivity contribution is -0.141. The minimum atomic E-state index is -0.656. The fraction of sp³-hybridized carbons (Fsp3) is 0.348. The van der Waals surface area contributed by atoms with Crippen molar-refractivity contribution < 1.29 is 28.6 Å². The molecule has 0 radical (unpaired) electrons. The normalized spacial score (nSPS) is 15.0. The summed E-state index contributed by atoms with van der Waals surface area (Å²) in [6.45, 7) is 4.36. The van der Waals surface area contributed by atoms with E-state index in [0.717, 1.165) is 11.3 Å². The zero-order valence-electron chi connectivity index (χ0n) is 17.8. The number of fused-ring (bicyclic) bond motifs is 1. The van der Waals surface area contributed by atoms with Crippen LogP contribution in [-0.4, -0.2) is 44.1 Å². The van der Waals surface area contributed by atoms with E-state index in [9.17, 15) is 14.4 Å². The molecule has 1 aliphatic rings. The second-order valence-electron chi connectivity index (χ2n) is 7.22. The molecule has 0 saturated carbocycles. The van der Waals surface area contributed by atoms with E-state index in [1.807, 2.05) is 31.2 Å². The summed E-state index contributed by atoms with van der Waals surface area (Å²) >= 11 is 0. The second-order valence-corrected chi connectivity index (χ2v) is 7.22. The summed E-state index contributed by atoms with van der Waals surface area (Å²) in [5.74, 6) is 0.330. The monoisotopic (exact) mass is 426 g/mol. The Morgan fingerprint density at radius 2 is 1.97 bits per heavy atom. The van der Waals surface area contributed by atoms with Crippen LogP contribution in [0.25, 0.3) is 0 Å². The Morgan fingerprint density at radius 3 is 2.71 bits per heavy atom. The molecule has 8 heteroatoms. The Labute approximate surface area is 181 Å². The van der Waals surface area contributed by atoms with Gasteiger partial charge >= 0.3 is 5.97 Å². The summed E-state index contributed by atoms with van der Waals surface area (Å²) in [6.07, 6.45) is -0.636. The van der Waals surface area contributed by atoms with Crippen molar-refractivity contribution in [2.45, 2.75) is 32.8 Å². The number of benzene rings is 2. The average Bonchev–Trinajstić information content (AvgIpc) is 2.74. The van der Waals surface area contributed by atoms with E-state index in [1.54, 1.807) is 30.0 Å². The maximum atomic E-state index is 12.7. The van der Waals surface area contributed by atoms with Crippen molar-refractivity contribution in [3.8, 4) is 11.5 Å². The third kappa shape index (κ3) is 5.75.